The van der Waals surface area contributed by atoms with Gasteiger partial charge < -0.3 is 4.90 Å². The first-order chi connectivity index (χ1) is 9.08. The molecular formula is C12H9ClF2N2OS. The lowest BCUT2D eigenvalue weighted by Crippen LogP contribution is -2.35. The minimum Gasteiger partial charge on any atom is -0.301 e. The second-order valence-electron chi connectivity index (χ2n) is 3.66. The van der Waals surface area contributed by atoms with Gasteiger partial charge in [0.05, 0.1) is 12.1 Å². The van der Waals surface area contributed by atoms with E-state index >= 15 is 0 Å². The Balaban J connectivity index is 2.33. The lowest BCUT2D eigenvalue weighted by molar-refractivity contribution is 0.0941. The Bertz CT molecular complexity index is 563. The van der Waals surface area contributed by atoms with Crippen molar-refractivity contribution in [3.63, 3.8) is 0 Å². The van der Waals surface area contributed by atoms with Gasteiger partial charge in [-0.15, -0.1) is 11.3 Å². The highest BCUT2D eigenvalue weighted by molar-refractivity contribution is 7.07. The number of benzene rings is 1. The van der Waals surface area contributed by atoms with Crippen molar-refractivity contribution in [3.8, 4) is 0 Å². The number of hydrogen-bond acceptors (Lipinski definition) is 3. The summed E-state index contributed by atoms with van der Waals surface area (Å²) >= 11 is 7.05. The lowest BCUT2D eigenvalue weighted by Gasteiger charge is -2.21. The average Bonchev–Trinajstić information content (AvgIpc) is 2.88. The normalized spacial score (nSPS) is 10.7. The van der Waals surface area contributed by atoms with Gasteiger partial charge in [-0.3, -0.25) is 4.79 Å². The molecule has 100 valence electrons. The molecule has 2 rings (SSSR count). The molecule has 0 spiro atoms. The van der Waals surface area contributed by atoms with Gasteiger partial charge >= 0.3 is 0 Å². The van der Waals surface area contributed by atoms with Crippen LogP contribution in [-0.2, 0) is 0 Å². The number of thiazole rings is 1. The molecule has 0 aliphatic carbocycles. The molecule has 1 heterocycles. The molecule has 2 aromatic rings. The van der Waals surface area contributed by atoms with Crippen LogP contribution >= 0.6 is 22.9 Å². The summed E-state index contributed by atoms with van der Waals surface area (Å²) < 4.78 is 25.3. The fourth-order valence-electron chi connectivity index (χ4n) is 1.54. The highest BCUT2D eigenvalue weighted by Gasteiger charge is 2.22. The van der Waals surface area contributed by atoms with Crippen molar-refractivity contribution in [3.05, 3.63) is 45.9 Å². The molecule has 1 aromatic heterocycles. The van der Waals surface area contributed by atoms with E-state index in [-0.39, 0.29) is 5.69 Å². The summed E-state index contributed by atoms with van der Waals surface area (Å²) in [7, 11) is 0. The number of carbonyl (C=O) groups excluding carboxylic acids is 1. The number of amides is 1. The van der Waals surface area contributed by atoms with Crippen molar-refractivity contribution in [2.45, 2.75) is 6.43 Å². The first kappa shape index (κ1) is 13.9. The van der Waals surface area contributed by atoms with Crippen LogP contribution in [0.15, 0.2) is 35.2 Å². The molecule has 0 fully saturated rings. The highest BCUT2D eigenvalue weighted by atomic mass is 35.5. The number of hydrogen-bond donors (Lipinski definition) is 0. The number of carbonyl (C=O) groups is 1. The van der Waals surface area contributed by atoms with Crippen molar-refractivity contribution >= 4 is 34.5 Å². The van der Waals surface area contributed by atoms with E-state index in [2.05, 4.69) is 4.98 Å². The van der Waals surface area contributed by atoms with Gasteiger partial charge in [-0.05, 0) is 18.2 Å². The maximum absolute atomic E-state index is 12.6. The molecule has 0 aliphatic heterocycles. The van der Waals surface area contributed by atoms with E-state index in [0.717, 1.165) is 4.90 Å². The first-order valence-electron chi connectivity index (χ1n) is 5.31. The molecule has 0 aliphatic rings. The summed E-state index contributed by atoms with van der Waals surface area (Å²) in [5.41, 5.74) is 1.95. The van der Waals surface area contributed by atoms with E-state index in [9.17, 15) is 13.6 Å². The Morgan fingerprint density at radius 3 is 2.84 bits per heavy atom. The Labute approximate surface area is 117 Å². The highest BCUT2D eigenvalue weighted by Crippen LogP contribution is 2.22. The van der Waals surface area contributed by atoms with Crippen molar-refractivity contribution in [1.29, 1.82) is 0 Å². The Morgan fingerprint density at radius 2 is 2.26 bits per heavy atom. The summed E-state index contributed by atoms with van der Waals surface area (Å²) in [6, 6.07) is 6.23. The molecule has 1 aromatic carbocycles. The maximum atomic E-state index is 12.6. The molecule has 0 unspecified atom stereocenters. The number of halogens is 3. The summed E-state index contributed by atoms with van der Waals surface area (Å²) in [6.07, 6.45) is -2.64. The van der Waals surface area contributed by atoms with Gasteiger partial charge in [0.1, 0.15) is 5.69 Å². The number of alkyl halides is 2. The zero-order chi connectivity index (χ0) is 13.8. The largest absolute Gasteiger partial charge is 0.301 e. The average molecular weight is 303 g/mol. The predicted octanol–water partition coefficient (Wildman–Crippen LogP) is 3.71. The second kappa shape index (κ2) is 6.08. The number of rotatable bonds is 4. The molecule has 0 atom stereocenters. The molecule has 0 saturated heterocycles. The van der Waals surface area contributed by atoms with Crippen molar-refractivity contribution in [2.75, 3.05) is 11.4 Å². The van der Waals surface area contributed by atoms with E-state index in [1.807, 2.05) is 0 Å². The van der Waals surface area contributed by atoms with Crippen LogP contribution < -0.4 is 4.90 Å². The van der Waals surface area contributed by atoms with E-state index < -0.39 is 18.9 Å². The van der Waals surface area contributed by atoms with Gasteiger partial charge in [0, 0.05) is 16.1 Å². The molecule has 1 amide bonds. The fourth-order valence-corrected chi connectivity index (χ4v) is 2.25. The number of anilines is 1. The lowest BCUT2D eigenvalue weighted by atomic mass is 10.2. The van der Waals surface area contributed by atoms with Crippen LogP contribution in [0, 0.1) is 0 Å². The van der Waals surface area contributed by atoms with E-state index in [4.69, 9.17) is 11.6 Å². The zero-order valence-corrected chi connectivity index (χ0v) is 11.2. The van der Waals surface area contributed by atoms with Crippen LogP contribution in [0.1, 0.15) is 10.5 Å². The van der Waals surface area contributed by atoms with Gasteiger partial charge in [0.25, 0.3) is 12.3 Å². The van der Waals surface area contributed by atoms with Crippen LogP contribution in [0.5, 0.6) is 0 Å². The van der Waals surface area contributed by atoms with Crippen molar-refractivity contribution < 1.29 is 13.6 Å². The minimum atomic E-state index is -2.64. The van der Waals surface area contributed by atoms with Gasteiger partial charge in [-0.2, -0.15) is 0 Å². The molecule has 0 bridgehead atoms. The summed E-state index contributed by atoms with van der Waals surface area (Å²) in [5, 5.41) is 1.90. The third-order valence-corrected chi connectivity index (χ3v) is 3.16. The SMILES string of the molecule is O=C(c1cscn1)N(CC(F)F)c1cccc(Cl)c1. The van der Waals surface area contributed by atoms with Crippen LogP contribution in [-0.4, -0.2) is 23.9 Å². The third kappa shape index (κ3) is 3.48. The molecule has 0 saturated carbocycles. The minimum absolute atomic E-state index is 0.144. The van der Waals surface area contributed by atoms with Crippen LogP contribution in [0.3, 0.4) is 0 Å². The number of nitrogens with zero attached hydrogens (tertiary/aromatic N) is 2. The van der Waals surface area contributed by atoms with Crippen LogP contribution in [0.4, 0.5) is 14.5 Å². The molecule has 19 heavy (non-hydrogen) atoms. The van der Waals surface area contributed by atoms with Crippen LogP contribution in [0.2, 0.25) is 5.02 Å². The molecule has 0 N–H and O–H groups in total. The standard InChI is InChI=1S/C12H9ClF2N2OS/c13-8-2-1-3-9(4-8)17(5-11(14)15)12(18)10-6-19-7-16-10/h1-4,6-7,11H,5H2. The van der Waals surface area contributed by atoms with Gasteiger partial charge in [0.2, 0.25) is 0 Å². The summed E-state index contributed by atoms with van der Waals surface area (Å²) in [5.74, 6) is -0.566. The van der Waals surface area contributed by atoms with E-state index in [1.54, 1.807) is 18.2 Å². The van der Waals surface area contributed by atoms with Crippen molar-refractivity contribution in [2.24, 2.45) is 0 Å². The molecule has 3 nitrogen and oxygen atoms in total. The summed E-state index contributed by atoms with van der Waals surface area (Å²) in [6.45, 7) is -0.698. The van der Waals surface area contributed by atoms with Crippen molar-refractivity contribution in [1.82, 2.24) is 4.98 Å². The van der Waals surface area contributed by atoms with Gasteiger partial charge in [-0.25, -0.2) is 13.8 Å². The van der Waals surface area contributed by atoms with Gasteiger partial charge in [0.15, 0.2) is 0 Å². The molecule has 0 radical (unpaired) electrons. The Kier molecular flexibility index (Phi) is 4.44. The quantitative estimate of drug-likeness (QED) is 0.862. The first-order valence-corrected chi connectivity index (χ1v) is 6.64. The second-order valence-corrected chi connectivity index (χ2v) is 4.82. The fraction of sp³-hybridized carbons (Fsp3) is 0.167. The van der Waals surface area contributed by atoms with E-state index in [1.165, 1.54) is 28.3 Å². The molecular weight excluding hydrogens is 294 g/mol. The topological polar surface area (TPSA) is 33.2 Å². The smallest absolute Gasteiger partial charge is 0.277 e. The Hall–Kier alpha value is -1.53. The zero-order valence-electron chi connectivity index (χ0n) is 9.59. The maximum Gasteiger partial charge on any atom is 0.277 e. The summed E-state index contributed by atoms with van der Waals surface area (Å²) in [4.78, 5) is 17.0. The van der Waals surface area contributed by atoms with E-state index in [0.29, 0.717) is 10.7 Å². The monoisotopic (exact) mass is 302 g/mol. The predicted molar refractivity (Wildman–Crippen MR) is 71.2 cm³/mol. The van der Waals surface area contributed by atoms with Crippen LogP contribution in [0.25, 0.3) is 0 Å². The third-order valence-electron chi connectivity index (χ3n) is 2.34. The number of aromatic nitrogens is 1. The van der Waals surface area contributed by atoms with Gasteiger partial charge in [-0.1, -0.05) is 17.7 Å². The Morgan fingerprint density at radius 1 is 1.47 bits per heavy atom. The molecule has 7 heteroatoms.